The third kappa shape index (κ3) is 3.53. The first kappa shape index (κ1) is 14.7. The number of ether oxygens (including phenoxy) is 2. The highest BCUT2D eigenvalue weighted by Gasteiger charge is 2.03. The van der Waals surface area contributed by atoms with Crippen LogP contribution in [0.15, 0.2) is 52.9 Å². The van der Waals surface area contributed by atoms with Crippen molar-refractivity contribution in [2.24, 2.45) is 0 Å². The summed E-state index contributed by atoms with van der Waals surface area (Å²) in [5.41, 5.74) is 1.54. The number of rotatable bonds is 2. The molecule has 0 unspecified atom stereocenters. The number of fused-ring (bicyclic) bond motifs is 1. The van der Waals surface area contributed by atoms with Crippen LogP contribution in [0.25, 0.3) is 11.0 Å². The number of hydrogen-bond donors (Lipinski definition) is 0. The molecule has 0 saturated heterocycles. The summed E-state index contributed by atoms with van der Waals surface area (Å²) in [5, 5.41) is 0.973. The maximum atomic E-state index is 10.9. The smallest absolute Gasteiger partial charge is 0.308 e. The molecular weight excluding hydrogens is 292 g/mol. The zero-order valence-corrected chi connectivity index (χ0v) is 12.8. The van der Waals surface area contributed by atoms with Crippen LogP contribution in [0.1, 0.15) is 18.2 Å². The van der Waals surface area contributed by atoms with E-state index in [1.165, 1.54) is 6.92 Å². The first-order valence-electron chi connectivity index (χ1n) is 7.02. The van der Waals surface area contributed by atoms with E-state index in [2.05, 4.69) is 11.8 Å². The van der Waals surface area contributed by atoms with E-state index < -0.39 is 0 Å². The summed E-state index contributed by atoms with van der Waals surface area (Å²) in [4.78, 5) is 10.9. The topological polar surface area (TPSA) is 48.7 Å². The molecule has 0 aliphatic heterocycles. The highest BCUT2D eigenvalue weighted by Crippen LogP contribution is 2.23. The van der Waals surface area contributed by atoms with Crippen molar-refractivity contribution < 1.29 is 18.7 Å². The standard InChI is InChI=1S/C19H14O4/c1-13(20)22-16-7-3-14(4-8-16)5-9-18-11-15-6-10-17(21-2)12-19(15)23-18/h3-4,6-8,10-12H,1-2H3. The largest absolute Gasteiger partial charge is 0.497 e. The summed E-state index contributed by atoms with van der Waals surface area (Å²) in [6.07, 6.45) is 0. The predicted octanol–water partition coefficient (Wildman–Crippen LogP) is 3.77. The maximum absolute atomic E-state index is 10.9. The number of benzene rings is 2. The molecule has 4 heteroatoms. The lowest BCUT2D eigenvalue weighted by Crippen LogP contribution is -2.00. The lowest BCUT2D eigenvalue weighted by molar-refractivity contribution is -0.131. The number of hydrogen-bond acceptors (Lipinski definition) is 4. The highest BCUT2D eigenvalue weighted by molar-refractivity contribution is 5.80. The van der Waals surface area contributed by atoms with Crippen molar-refractivity contribution >= 4 is 16.9 Å². The third-order valence-electron chi connectivity index (χ3n) is 3.17. The monoisotopic (exact) mass is 306 g/mol. The molecule has 1 heterocycles. The Labute approximate surface area is 133 Å². The molecular formula is C19H14O4. The normalized spacial score (nSPS) is 10.0. The van der Waals surface area contributed by atoms with Gasteiger partial charge in [0.2, 0.25) is 0 Å². The minimum Gasteiger partial charge on any atom is -0.497 e. The van der Waals surface area contributed by atoms with Crippen molar-refractivity contribution in [3.8, 4) is 23.3 Å². The van der Waals surface area contributed by atoms with E-state index in [4.69, 9.17) is 13.9 Å². The minimum atomic E-state index is -0.346. The molecule has 1 aromatic heterocycles. The molecule has 0 spiro atoms. The lowest BCUT2D eigenvalue weighted by atomic mass is 10.2. The molecule has 0 fully saturated rings. The summed E-state index contributed by atoms with van der Waals surface area (Å²) in [5.74, 6) is 7.48. The number of methoxy groups -OCH3 is 1. The Morgan fingerprint density at radius 2 is 1.74 bits per heavy atom. The molecule has 114 valence electrons. The first-order valence-corrected chi connectivity index (χ1v) is 7.02. The van der Waals surface area contributed by atoms with Gasteiger partial charge in [0.05, 0.1) is 7.11 Å². The molecule has 3 aromatic rings. The average Bonchev–Trinajstić information content (AvgIpc) is 2.95. The van der Waals surface area contributed by atoms with Gasteiger partial charge in [0.15, 0.2) is 5.76 Å². The van der Waals surface area contributed by atoms with Gasteiger partial charge >= 0.3 is 5.97 Å². The van der Waals surface area contributed by atoms with E-state index in [9.17, 15) is 4.79 Å². The molecule has 23 heavy (non-hydrogen) atoms. The van der Waals surface area contributed by atoms with Crippen LogP contribution in [0.3, 0.4) is 0 Å². The van der Waals surface area contributed by atoms with Gasteiger partial charge in [-0.1, -0.05) is 5.92 Å². The van der Waals surface area contributed by atoms with Gasteiger partial charge in [-0.25, -0.2) is 0 Å². The fourth-order valence-corrected chi connectivity index (χ4v) is 2.11. The number of carbonyl (C=O) groups is 1. The van der Waals surface area contributed by atoms with E-state index in [0.29, 0.717) is 11.5 Å². The zero-order valence-electron chi connectivity index (χ0n) is 12.8. The second-order valence-corrected chi connectivity index (χ2v) is 4.88. The van der Waals surface area contributed by atoms with Crippen molar-refractivity contribution in [1.82, 2.24) is 0 Å². The Hall–Kier alpha value is -3.19. The Balaban J connectivity index is 1.82. The maximum Gasteiger partial charge on any atom is 0.308 e. The summed E-state index contributed by atoms with van der Waals surface area (Å²) >= 11 is 0. The molecule has 0 saturated carbocycles. The van der Waals surface area contributed by atoms with E-state index in [1.807, 2.05) is 24.3 Å². The van der Waals surface area contributed by atoms with Gasteiger partial charge in [0.1, 0.15) is 17.1 Å². The second-order valence-electron chi connectivity index (χ2n) is 4.88. The fraction of sp³-hybridized carbons (Fsp3) is 0.105. The number of esters is 1. The molecule has 0 N–H and O–H groups in total. The Bertz CT molecular complexity index is 908. The highest BCUT2D eigenvalue weighted by atomic mass is 16.5. The molecule has 0 bridgehead atoms. The van der Waals surface area contributed by atoms with Crippen molar-refractivity contribution in [1.29, 1.82) is 0 Å². The van der Waals surface area contributed by atoms with Gasteiger partial charge in [-0.05, 0) is 42.3 Å². The molecule has 4 nitrogen and oxygen atoms in total. The second kappa shape index (κ2) is 6.29. The van der Waals surface area contributed by atoms with Crippen LogP contribution < -0.4 is 9.47 Å². The van der Waals surface area contributed by atoms with Gasteiger partial charge in [-0.3, -0.25) is 4.79 Å². The van der Waals surface area contributed by atoms with Crippen LogP contribution in [0, 0.1) is 11.8 Å². The quantitative estimate of drug-likeness (QED) is 0.411. The van der Waals surface area contributed by atoms with Crippen LogP contribution in [0.5, 0.6) is 11.5 Å². The van der Waals surface area contributed by atoms with Crippen molar-refractivity contribution in [3.63, 3.8) is 0 Å². The van der Waals surface area contributed by atoms with Crippen LogP contribution in [0.4, 0.5) is 0 Å². The minimum absolute atomic E-state index is 0.346. The fourth-order valence-electron chi connectivity index (χ4n) is 2.11. The summed E-state index contributed by atoms with van der Waals surface area (Å²) in [6, 6.07) is 14.5. The lowest BCUT2D eigenvalue weighted by Gasteiger charge is -1.99. The molecule has 2 aromatic carbocycles. The van der Waals surface area contributed by atoms with Crippen molar-refractivity contribution in [3.05, 3.63) is 59.9 Å². The van der Waals surface area contributed by atoms with Crippen LogP contribution in [-0.4, -0.2) is 13.1 Å². The molecule has 0 aliphatic rings. The Morgan fingerprint density at radius 1 is 1.00 bits per heavy atom. The van der Waals surface area contributed by atoms with Gasteiger partial charge in [-0.15, -0.1) is 0 Å². The van der Waals surface area contributed by atoms with Crippen molar-refractivity contribution in [2.45, 2.75) is 6.92 Å². The molecule has 0 amide bonds. The van der Waals surface area contributed by atoms with E-state index in [1.54, 1.807) is 31.4 Å². The number of carbonyl (C=O) groups excluding carboxylic acids is 1. The predicted molar refractivity (Wildman–Crippen MR) is 86.5 cm³/mol. The third-order valence-corrected chi connectivity index (χ3v) is 3.17. The number of furan rings is 1. The zero-order chi connectivity index (χ0) is 16.2. The van der Waals surface area contributed by atoms with E-state index >= 15 is 0 Å². The van der Waals surface area contributed by atoms with Gasteiger partial charge in [0, 0.05) is 30.0 Å². The van der Waals surface area contributed by atoms with E-state index in [-0.39, 0.29) is 5.97 Å². The van der Waals surface area contributed by atoms with Crippen molar-refractivity contribution in [2.75, 3.05) is 7.11 Å². The van der Waals surface area contributed by atoms with E-state index in [0.717, 1.165) is 22.3 Å². The Kier molecular flexibility index (Phi) is 4.03. The molecule has 0 aliphatic carbocycles. The van der Waals surface area contributed by atoms with Crippen LogP contribution in [0.2, 0.25) is 0 Å². The first-order chi connectivity index (χ1) is 11.1. The molecule has 0 radical (unpaired) electrons. The summed E-state index contributed by atoms with van der Waals surface area (Å²) in [6.45, 7) is 1.37. The molecule has 3 rings (SSSR count). The van der Waals surface area contributed by atoms with Gasteiger partial charge in [0.25, 0.3) is 0 Å². The van der Waals surface area contributed by atoms with Gasteiger partial charge in [-0.2, -0.15) is 0 Å². The summed E-state index contributed by atoms with van der Waals surface area (Å²) in [7, 11) is 1.62. The van der Waals surface area contributed by atoms with Crippen LogP contribution >= 0.6 is 0 Å². The van der Waals surface area contributed by atoms with Crippen LogP contribution in [-0.2, 0) is 4.79 Å². The van der Waals surface area contributed by atoms with Gasteiger partial charge < -0.3 is 13.9 Å². The SMILES string of the molecule is COc1ccc2cc(C#Cc3ccc(OC(C)=O)cc3)oc2c1. The average molecular weight is 306 g/mol. The summed E-state index contributed by atoms with van der Waals surface area (Å²) < 4.78 is 15.8. The Morgan fingerprint density at radius 3 is 2.43 bits per heavy atom. The molecule has 0 atom stereocenters.